The Morgan fingerprint density at radius 2 is 1.76 bits per heavy atom. The van der Waals surface area contributed by atoms with E-state index in [9.17, 15) is 18.4 Å². The average molecular weight is 362 g/mol. The van der Waals surface area contributed by atoms with Crippen molar-refractivity contribution in [2.75, 3.05) is 13.7 Å². The number of benzene rings is 2. The number of halogens is 2. The SMILES string of the molecule is COc1ccc(F)cc1C(=O)COC(=O)c1cc2cc(F)ccc2s1. The summed E-state index contributed by atoms with van der Waals surface area (Å²) in [5.74, 6) is -2.09. The summed E-state index contributed by atoms with van der Waals surface area (Å²) >= 11 is 1.13. The van der Waals surface area contributed by atoms with Crippen LogP contribution in [0.1, 0.15) is 20.0 Å². The molecule has 0 unspecified atom stereocenters. The molecule has 0 spiro atoms. The molecule has 7 heteroatoms. The van der Waals surface area contributed by atoms with Gasteiger partial charge in [-0.15, -0.1) is 11.3 Å². The molecule has 4 nitrogen and oxygen atoms in total. The summed E-state index contributed by atoms with van der Waals surface area (Å²) in [6, 6.07) is 9.19. The lowest BCUT2D eigenvalue weighted by Gasteiger charge is -2.08. The summed E-state index contributed by atoms with van der Waals surface area (Å²) in [5.41, 5.74) is -0.00582. The highest BCUT2D eigenvalue weighted by atomic mass is 32.1. The van der Waals surface area contributed by atoms with E-state index in [4.69, 9.17) is 9.47 Å². The number of hydrogen-bond acceptors (Lipinski definition) is 5. The number of esters is 1. The molecule has 0 fully saturated rings. The van der Waals surface area contributed by atoms with Crippen molar-refractivity contribution < 1.29 is 27.8 Å². The van der Waals surface area contributed by atoms with Crippen molar-refractivity contribution in [3.05, 3.63) is 64.5 Å². The normalized spacial score (nSPS) is 10.7. The Bertz CT molecular complexity index is 965. The van der Waals surface area contributed by atoms with Crippen LogP contribution in [0.5, 0.6) is 5.75 Å². The van der Waals surface area contributed by atoms with Gasteiger partial charge in [0.15, 0.2) is 6.61 Å². The molecule has 3 aromatic rings. The highest BCUT2D eigenvalue weighted by Crippen LogP contribution is 2.27. The molecule has 0 amide bonds. The molecule has 0 saturated carbocycles. The fourth-order valence-corrected chi connectivity index (χ4v) is 3.23. The lowest BCUT2D eigenvalue weighted by molar-refractivity contribution is 0.0479. The van der Waals surface area contributed by atoms with Gasteiger partial charge < -0.3 is 9.47 Å². The number of fused-ring (bicyclic) bond motifs is 1. The van der Waals surface area contributed by atoms with Crippen molar-refractivity contribution in [2.45, 2.75) is 0 Å². The summed E-state index contributed by atoms with van der Waals surface area (Å²) in [7, 11) is 1.35. The first kappa shape index (κ1) is 17.0. The number of rotatable bonds is 5. The zero-order chi connectivity index (χ0) is 18.0. The summed E-state index contributed by atoms with van der Waals surface area (Å²) in [4.78, 5) is 24.5. The second-order valence-corrected chi connectivity index (χ2v) is 6.22. The molecule has 0 aliphatic rings. The van der Waals surface area contributed by atoms with Crippen LogP contribution in [0, 0.1) is 11.6 Å². The van der Waals surface area contributed by atoms with Crippen LogP contribution >= 0.6 is 11.3 Å². The molecular weight excluding hydrogens is 350 g/mol. The van der Waals surface area contributed by atoms with Crippen LogP contribution in [-0.4, -0.2) is 25.5 Å². The van der Waals surface area contributed by atoms with E-state index in [0.29, 0.717) is 5.39 Å². The first-order valence-electron chi connectivity index (χ1n) is 7.21. The van der Waals surface area contributed by atoms with E-state index in [0.717, 1.165) is 28.2 Å². The maximum absolute atomic E-state index is 13.3. The number of carbonyl (C=O) groups excluding carboxylic acids is 2. The molecule has 3 rings (SSSR count). The maximum atomic E-state index is 13.3. The molecule has 0 atom stereocenters. The van der Waals surface area contributed by atoms with E-state index in [2.05, 4.69) is 0 Å². The van der Waals surface area contributed by atoms with Gasteiger partial charge in [-0.3, -0.25) is 4.79 Å². The predicted octanol–water partition coefficient (Wildman–Crippen LogP) is 4.23. The standard InChI is InChI=1S/C18H12F2O4S/c1-23-15-4-2-12(20)8-13(15)14(21)9-24-18(22)17-7-10-6-11(19)3-5-16(10)25-17/h2-8H,9H2,1H3. The number of Topliss-reactive ketones (excluding diaryl/α,β-unsaturated/α-hetero) is 1. The van der Waals surface area contributed by atoms with Gasteiger partial charge in [0, 0.05) is 4.70 Å². The van der Waals surface area contributed by atoms with Gasteiger partial charge in [-0.25, -0.2) is 13.6 Å². The average Bonchev–Trinajstić information content (AvgIpc) is 3.02. The van der Waals surface area contributed by atoms with Gasteiger partial charge in [-0.05, 0) is 47.9 Å². The van der Waals surface area contributed by atoms with E-state index in [1.807, 2.05) is 0 Å². The lowest BCUT2D eigenvalue weighted by Crippen LogP contribution is -2.14. The first-order chi connectivity index (χ1) is 12.0. The van der Waals surface area contributed by atoms with Crippen LogP contribution in [0.25, 0.3) is 10.1 Å². The monoisotopic (exact) mass is 362 g/mol. The molecule has 25 heavy (non-hydrogen) atoms. The highest BCUT2D eigenvalue weighted by molar-refractivity contribution is 7.20. The summed E-state index contributed by atoms with van der Waals surface area (Å²) < 4.78 is 37.2. The Labute approximate surface area is 145 Å². The predicted molar refractivity (Wildman–Crippen MR) is 89.3 cm³/mol. The molecule has 2 aromatic carbocycles. The van der Waals surface area contributed by atoms with E-state index >= 15 is 0 Å². The van der Waals surface area contributed by atoms with Gasteiger partial charge >= 0.3 is 5.97 Å². The molecule has 0 bridgehead atoms. The van der Waals surface area contributed by atoms with E-state index in [1.165, 1.54) is 31.4 Å². The molecule has 0 radical (unpaired) electrons. The van der Waals surface area contributed by atoms with Gasteiger partial charge in [0.2, 0.25) is 5.78 Å². The third-order valence-corrected chi connectivity index (χ3v) is 4.57. The van der Waals surface area contributed by atoms with Gasteiger partial charge in [0.25, 0.3) is 0 Å². The van der Waals surface area contributed by atoms with Crippen LogP contribution in [0.15, 0.2) is 42.5 Å². The molecule has 1 heterocycles. The number of carbonyl (C=O) groups is 2. The number of thiophene rings is 1. The number of ether oxygens (including phenoxy) is 2. The van der Waals surface area contributed by atoms with Crippen LogP contribution in [0.2, 0.25) is 0 Å². The minimum atomic E-state index is -0.703. The quantitative estimate of drug-likeness (QED) is 0.504. The van der Waals surface area contributed by atoms with Crippen molar-refractivity contribution in [2.24, 2.45) is 0 Å². The van der Waals surface area contributed by atoms with Crippen LogP contribution in [-0.2, 0) is 4.74 Å². The van der Waals surface area contributed by atoms with Gasteiger partial charge in [0.05, 0.1) is 12.7 Å². The molecule has 0 aliphatic heterocycles. The Hall–Kier alpha value is -2.80. The number of methoxy groups -OCH3 is 1. The summed E-state index contributed by atoms with van der Waals surface area (Å²) in [6.45, 7) is -0.554. The minimum absolute atomic E-state index is 0.00582. The van der Waals surface area contributed by atoms with Crippen molar-refractivity contribution in [3.63, 3.8) is 0 Å². The van der Waals surface area contributed by atoms with Gasteiger partial charge in [-0.1, -0.05) is 0 Å². The van der Waals surface area contributed by atoms with Gasteiger partial charge in [0.1, 0.15) is 22.3 Å². The summed E-state index contributed by atoms with van der Waals surface area (Å²) in [5, 5.41) is 0.579. The number of ketones is 1. The van der Waals surface area contributed by atoms with Crippen LogP contribution in [0.4, 0.5) is 8.78 Å². The molecule has 0 aliphatic carbocycles. The molecular formula is C18H12F2O4S. The van der Waals surface area contributed by atoms with Crippen molar-refractivity contribution in [1.29, 1.82) is 0 Å². The zero-order valence-electron chi connectivity index (χ0n) is 13.0. The molecule has 1 aromatic heterocycles. The van der Waals surface area contributed by atoms with Crippen molar-refractivity contribution in [1.82, 2.24) is 0 Å². The molecule has 0 N–H and O–H groups in total. The highest BCUT2D eigenvalue weighted by Gasteiger charge is 2.18. The Balaban J connectivity index is 1.73. The summed E-state index contributed by atoms with van der Waals surface area (Å²) in [6.07, 6.45) is 0. The smallest absolute Gasteiger partial charge is 0.348 e. The van der Waals surface area contributed by atoms with Crippen molar-refractivity contribution in [3.8, 4) is 5.75 Å². The fraction of sp³-hybridized carbons (Fsp3) is 0.111. The minimum Gasteiger partial charge on any atom is -0.496 e. The second kappa shape index (κ2) is 6.98. The Morgan fingerprint density at radius 3 is 2.52 bits per heavy atom. The van der Waals surface area contributed by atoms with Crippen LogP contribution in [0.3, 0.4) is 0 Å². The Kier molecular flexibility index (Phi) is 4.76. The van der Waals surface area contributed by atoms with Gasteiger partial charge in [-0.2, -0.15) is 0 Å². The second-order valence-electron chi connectivity index (χ2n) is 5.14. The zero-order valence-corrected chi connectivity index (χ0v) is 13.9. The van der Waals surface area contributed by atoms with E-state index in [-0.39, 0.29) is 16.2 Å². The van der Waals surface area contributed by atoms with Crippen LogP contribution < -0.4 is 4.74 Å². The lowest BCUT2D eigenvalue weighted by atomic mass is 10.1. The number of hydrogen-bond donors (Lipinski definition) is 0. The largest absolute Gasteiger partial charge is 0.496 e. The van der Waals surface area contributed by atoms with E-state index in [1.54, 1.807) is 6.07 Å². The fourth-order valence-electron chi connectivity index (χ4n) is 2.29. The molecule has 128 valence electrons. The maximum Gasteiger partial charge on any atom is 0.348 e. The third-order valence-electron chi connectivity index (χ3n) is 3.48. The third kappa shape index (κ3) is 3.66. The molecule has 0 saturated heterocycles. The topological polar surface area (TPSA) is 52.6 Å². The van der Waals surface area contributed by atoms with E-state index < -0.39 is 30.0 Å². The first-order valence-corrected chi connectivity index (χ1v) is 8.02. The van der Waals surface area contributed by atoms with Crippen molar-refractivity contribution >= 4 is 33.2 Å². The Morgan fingerprint density at radius 1 is 1.04 bits per heavy atom.